The molecule has 3 heterocycles. The van der Waals surface area contributed by atoms with E-state index >= 15 is 0 Å². The SMILES string of the molecule is CC1(C)OB(c2cnc(N3CCCN(CCO)CC3)nc2)OC1(C)C. The van der Waals surface area contributed by atoms with Gasteiger partial charge in [-0.3, -0.25) is 4.90 Å². The maximum Gasteiger partial charge on any atom is 0.498 e. The van der Waals surface area contributed by atoms with E-state index in [0.29, 0.717) is 0 Å². The Balaban J connectivity index is 1.65. The minimum Gasteiger partial charge on any atom is -0.399 e. The second-order valence-electron chi connectivity index (χ2n) is 7.81. The molecule has 3 rings (SSSR count). The molecule has 25 heavy (non-hydrogen) atoms. The van der Waals surface area contributed by atoms with Crippen LogP contribution in [0, 0.1) is 0 Å². The van der Waals surface area contributed by atoms with E-state index in [9.17, 15) is 0 Å². The molecular formula is C17H29BN4O3. The number of nitrogens with zero attached hydrogens (tertiary/aromatic N) is 4. The fraction of sp³-hybridized carbons (Fsp3) is 0.765. The number of rotatable bonds is 4. The van der Waals surface area contributed by atoms with Gasteiger partial charge in [0.25, 0.3) is 0 Å². The number of aliphatic hydroxyl groups is 1. The van der Waals surface area contributed by atoms with Crippen LogP contribution in [0.15, 0.2) is 12.4 Å². The molecular weight excluding hydrogens is 319 g/mol. The summed E-state index contributed by atoms with van der Waals surface area (Å²) in [7, 11) is -0.428. The highest BCUT2D eigenvalue weighted by Crippen LogP contribution is 2.36. The molecule has 2 aliphatic rings. The maximum atomic E-state index is 9.10. The molecule has 1 aromatic rings. The number of anilines is 1. The quantitative estimate of drug-likeness (QED) is 0.784. The minimum absolute atomic E-state index is 0.208. The molecule has 0 amide bonds. The van der Waals surface area contributed by atoms with Gasteiger partial charge >= 0.3 is 7.12 Å². The lowest BCUT2D eigenvalue weighted by Gasteiger charge is -2.32. The summed E-state index contributed by atoms with van der Waals surface area (Å²) in [6.45, 7) is 12.8. The van der Waals surface area contributed by atoms with Crippen molar-refractivity contribution in [3.8, 4) is 0 Å². The summed E-state index contributed by atoms with van der Waals surface area (Å²) >= 11 is 0. The van der Waals surface area contributed by atoms with Crippen molar-refractivity contribution >= 4 is 18.5 Å². The topological polar surface area (TPSA) is 71.0 Å². The lowest BCUT2D eigenvalue weighted by Crippen LogP contribution is -2.41. The number of hydrogen-bond acceptors (Lipinski definition) is 7. The third kappa shape index (κ3) is 3.97. The average molecular weight is 348 g/mol. The first-order chi connectivity index (χ1) is 11.8. The van der Waals surface area contributed by atoms with Crippen molar-refractivity contribution in [1.29, 1.82) is 0 Å². The Hall–Kier alpha value is -1.22. The molecule has 2 fully saturated rings. The van der Waals surface area contributed by atoms with Gasteiger partial charge in [-0.1, -0.05) is 0 Å². The highest BCUT2D eigenvalue weighted by atomic mass is 16.7. The third-order valence-electron chi connectivity index (χ3n) is 5.47. The molecule has 8 heteroatoms. The van der Waals surface area contributed by atoms with Crippen molar-refractivity contribution in [2.45, 2.75) is 45.3 Å². The van der Waals surface area contributed by atoms with Crippen molar-refractivity contribution in [1.82, 2.24) is 14.9 Å². The van der Waals surface area contributed by atoms with Gasteiger partial charge < -0.3 is 19.3 Å². The Labute approximate surface area is 150 Å². The standard InChI is InChI=1S/C17H29BN4O3/c1-16(2)17(3,4)25-18(24-16)14-12-19-15(20-13-14)22-7-5-6-21(8-9-22)10-11-23/h12-13,23H,5-11H2,1-4H3. The molecule has 2 saturated heterocycles. The Kier molecular flexibility index (Phi) is 5.34. The maximum absolute atomic E-state index is 9.10. The van der Waals surface area contributed by atoms with E-state index in [1.165, 1.54) is 0 Å². The van der Waals surface area contributed by atoms with Crippen LogP contribution in [0.3, 0.4) is 0 Å². The molecule has 0 aromatic carbocycles. The molecule has 7 nitrogen and oxygen atoms in total. The molecule has 2 aliphatic heterocycles. The van der Waals surface area contributed by atoms with E-state index in [1.54, 1.807) is 12.4 Å². The summed E-state index contributed by atoms with van der Waals surface area (Å²) in [6, 6.07) is 0. The van der Waals surface area contributed by atoms with Gasteiger partial charge in [-0.05, 0) is 40.7 Å². The number of β-amino-alcohol motifs (C(OH)–C–C–N with tert-alkyl or cyclic N) is 1. The number of aromatic nitrogens is 2. The van der Waals surface area contributed by atoms with E-state index in [-0.39, 0.29) is 17.8 Å². The minimum atomic E-state index is -0.428. The van der Waals surface area contributed by atoms with Crippen molar-refractivity contribution in [2.24, 2.45) is 0 Å². The molecule has 0 atom stereocenters. The summed E-state index contributed by atoms with van der Waals surface area (Å²) in [5.74, 6) is 0.742. The number of aliphatic hydroxyl groups excluding tert-OH is 1. The zero-order chi connectivity index (χ0) is 18.1. The lowest BCUT2D eigenvalue weighted by molar-refractivity contribution is 0.00578. The molecule has 138 valence electrons. The van der Waals surface area contributed by atoms with Crippen LogP contribution in [-0.4, -0.2) is 77.6 Å². The molecule has 0 bridgehead atoms. The Morgan fingerprint density at radius 1 is 1.04 bits per heavy atom. The first-order valence-electron chi connectivity index (χ1n) is 9.08. The monoisotopic (exact) mass is 348 g/mol. The number of hydrogen-bond donors (Lipinski definition) is 1. The average Bonchev–Trinajstić information content (AvgIpc) is 2.72. The first-order valence-corrected chi connectivity index (χ1v) is 9.08. The summed E-state index contributed by atoms with van der Waals surface area (Å²) < 4.78 is 12.1. The summed E-state index contributed by atoms with van der Waals surface area (Å²) in [5.41, 5.74) is 0.119. The normalized spacial score (nSPS) is 23.7. The third-order valence-corrected chi connectivity index (χ3v) is 5.47. The van der Waals surface area contributed by atoms with Gasteiger partial charge in [-0.2, -0.15) is 0 Å². The van der Waals surface area contributed by atoms with Crippen LogP contribution in [0.2, 0.25) is 0 Å². The van der Waals surface area contributed by atoms with Crippen molar-refractivity contribution in [3.63, 3.8) is 0 Å². The second kappa shape index (κ2) is 7.19. The van der Waals surface area contributed by atoms with Crippen molar-refractivity contribution in [3.05, 3.63) is 12.4 Å². The van der Waals surface area contributed by atoms with Crippen LogP contribution >= 0.6 is 0 Å². The summed E-state index contributed by atoms with van der Waals surface area (Å²) in [4.78, 5) is 13.6. The van der Waals surface area contributed by atoms with Crippen LogP contribution in [0.1, 0.15) is 34.1 Å². The largest absolute Gasteiger partial charge is 0.498 e. The predicted molar refractivity (Wildman–Crippen MR) is 98.1 cm³/mol. The molecule has 1 aromatic heterocycles. The van der Waals surface area contributed by atoms with Crippen LogP contribution in [0.25, 0.3) is 0 Å². The van der Waals surface area contributed by atoms with Crippen molar-refractivity contribution < 1.29 is 14.4 Å². The second-order valence-corrected chi connectivity index (χ2v) is 7.81. The predicted octanol–water partition coefficient (Wildman–Crippen LogP) is 0.280. The van der Waals surface area contributed by atoms with Crippen molar-refractivity contribution in [2.75, 3.05) is 44.2 Å². The zero-order valence-corrected chi connectivity index (χ0v) is 15.7. The van der Waals surface area contributed by atoms with Gasteiger partial charge in [0, 0.05) is 44.0 Å². The molecule has 1 N–H and O–H groups in total. The highest BCUT2D eigenvalue weighted by molar-refractivity contribution is 6.61. The van der Waals surface area contributed by atoms with Gasteiger partial charge in [0.05, 0.1) is 17.8 Å². The molecule has 0 aliphatic carbocycles. The lowest BCUT2D eigenvalue weighted by atomic mass is 9.81. The van der Waals surface area contributed by atoms with Crippen LogP contribution < -0.4 is 10.4 Å². The Morgan fingerprint density at radius 2 is 1.68 bits per heavy atom. The van der Waals surface area contributed by atoms with E-state index in [0.717, 1.165) is 50.6 Å². The molecule has 0 saturated carbocycles. The summed E-state index contributed by atoms with van der Waals surface area (Å²) in [6.07, 6.45) is 4.66. The van der Waals surface area contributed by atoms with Gasteiger partial charge in [-0.15, -0.1) is 0 Å². The van der Waals surface area contributed by atoms with E-state index in [1.807, 2.05) is 27.7 Å². The van der Waals surface area contributed by atoms with Crippen LogP contribution in [0.4, 0.5) is 5.95 Å². The molecule has 0 radical (unpaired) electrons. The van der Waals surface area contributed by atoms with Gasteiger partial charge in [-0.25, -0.2) is 9.97 Å². The highest BCUT2D eigenvalue weighted by Gasteiger charge is 2.51. The fourth-order valence-electron chi connectivity index (χ4n) is 3.13. The first kappa shape index (κ1) is 18.6. The van der Waals surface area contributed by atoms with Crippen LogP contribution in [0.5, 0.6) is 0 Å². The van der Waals surface area contributed by atoms with E-state index < -0.39 is 7.12 Å². The zero-order valence-electron chi connectivity index (χ0n) is 15.7. The fourth-order valence-corrected chi connectivity index (χ4v) is 3.13. The van der Waals surface area contributed by atoms with Gasteiger partial charge in [0.15, 0.2) is 0 Å². The van der Waals surface area contributed by atoms with Crippen LogP contribution in [-0.2, 0) is 9.31 Å². The van der Waals surface area contributed by atoms with Gasteiger partial charge in [0.2, 0.25) is 5.95 Å². The van der Waals surface area contributed by atoms with E-state index in [4.69, 9.17) is 14.4 Å². The van der Waals surface area contributed by atoms with E-state index in [2.05, 4.69) is 19.8 Å². The Morgan fingerprint density at radius 3 is 2.28 bits per heavy atom. The molecule has 0 unspecified atom stereocenters. The molecule has 0 spiro atoms. The smallest absolute Gasteiger partial charge is 0.399 e. The Bertz CT molecular complexity index is 566. The summed E-state index contributed by atoms with van der Waals surface area (Å²) in [5, 5.41) is 9.10. The van der Waals surface area contributed by atoms with Gasteiger partial charge in [0.1, 0.15) is 0 Å².